The molecule has 0 unspecified atom stereocenters. The number of nitrogens with two attached hydrogens (primary N) is 1. The van der Waals surface area contributed by atoms with E-state index in [1.807, 2.05) is 38.1 Å². The molecule has 0 saturated carbocycles. The Morgan fingerprint density at radius 3 is 2.50 bits per heavy atom. The van der Waals surface area contributed by atoms with E-state index in [1.54, 1.807) is 0 Å². The molecule has 1 aromatic carbocycles. The lowest BCUT2D eigenvalue weighted by Crippen LogP contribution is -2.37. The second-order valence-electron chi connectivity index (χ2n) is 3.48. The molecule has 0 fully saturated rings. The number of nitrogens with one attached hydrogen (secondary N) is 1. The third kappa shape index (κ3) is 2.85. The Morgan fingerprint density at radius 1 is 1.43 bits per heavy atom. The molecule has 1 atom stereocenters. The fraction of sp³-hybridized carbons (Fsp3) is 0.364. The van der Waals surface area contributed by atoms with E-state index >= 15 is 0 Å². The first-order valence-electron chi connectivity index (χ1n) is 4.71. The highest BCUT2D eigenvalue weighted by atomic mass is 16.1. The minimum absolute atomic E-state index is 0.0174. The van der Waals surface area contributed by atoms with Crippen molar-refractivity contribution < 1.29 is 4.79 Å². The molecule has 1 amide bonds. The first kappa shape index (κ1) is 10.7. The van der Waals surface area contributed by atoms with Gasteiger partial charge in [0.2, 0.25) is 0 Å². The van der Waals surface area contributed by atoms with Crippen LogP contribution in [0.1, 0.15) is 22.8 Å². The number of rotatable bonds is 3. The van der Waals surface area contributed by atoms with Crippen LogP contribution >= 0.6 is 0 Å². The van der Waals surface area contributed by atoms with Gasteiger partial charge in [-0.2, -0.15) is 0 Å². The molecular formula is C11H16N2O. The molecular weight excluding hydrogens is 176 g/mol. The molecule has 0 aromatic heterocycles. The van der Waals surface area contributed by atoms with E-state index in [1.165, 1.54) is 0 Å². The van der Waals surface area contributed by atoms with Gasteiger partial charge < -0.3 is 11.1 Å². The zero-order valence-electron chi connectivity index (χ0n) is 8.58. The molecule has 0 saturated heterocycles. The van der Waals surface area contributed by atoms with Gasteiger partial charge in [0.05, 0.1) is 0 Å². The van der Waals surface area contributed by atoms with Crippen LogP contribution in [0, 0.1) is 6.92 Å². The van der Waals surface area contributed by atoms with Gasteiger partial charge in [0.1, 0.15) is 0 Å². The van der Waals surface area contributed by atoms with Crippen LogP contribution in [0.4, 0.5) is 0 Å². The molecule has 0 aliphatic carbocycles. The van der Waals surface area contributed by atoms with Crippen LogP contribution in [-0.4, -0.2) is 18.5 Å². The van der Waals surface area contributed by atoms with Crippen LogP contribution in [0.15, 0.2) is 24.3 Å². The van der Waals surface area contributed by atoms with Crippen molar-refractivity contribution in [3.8, 4) is 0 Å². The molecule has 14 heavy (non-hydrogen) atoms. The largest absolute Gasteiger partial charge is 0.348 e. The summed E-state index contributed by atoms with van der Waals surface area (Å²) >= 11 is 0. The lowest BCUT2D eigenvalue weighted by atomic mass is 10.1. The number of carbonyl (C=O) groups excluding carboxylic acids is 1. The summed E-state index contributed by atoms with van der Waals surface area (Å²) in [6.07, 6.45) is 0. The third-order valence-corrected chi connectivity index (χ3v) is 2.04. The highest BCUT2D eigenvalue weighted by Gasteiger charge is 2.07. The van der Waals surface area contributed by atoms with Crippen molar-refractivity contribution in [2.75, 3.05) is 6.54 Å². The SMILES string of the molecule is Cc1ccc(C(=O)N[C@H](C)CN)cc1. The summed E-state index contributed by atoms with van der Waals surface area (Å²) in [5.41, 5.74) is 7.23. The Morgan fingerprint density at radius 2 is 2.00 bits per heavy atom. The topological polar surface area (TPSA) is 55.1 Å². The number of carbonyl (C=O) groups is 1. The van der Waals surface area contributed by atoms with Gasteiger partial charge in [-0.25, -0.2) is 0 Å². The third-order valence-electron chi connectivity index (χ3n) is 2.04. The number of amides is 1. The van der Waals surface area contributed by atoms with Gasteiger partial charge >= 0.3 is 0 Å². The van der Waals surface area contributed by atoms with Gasteiger partial charge in [0, 0.05) is 18.2 Å². The molecule has 3 nitrogen and oxygen atoms in total. The van der Waals surface area contributed by atoms with Gasteiger partial charge in [-0.1, -0.05) is 17.7 Å². The lowest BCUT2D eigenvalue weighted by molar-refractivity contribution is 0.0941. The zero-order valence-corrected chi connectivity index (χ0v) is 8.58. The average molecular weight is 192 g/mol. The molecule has 0 spiro atoms. The summed E-state index contributed by atoms with van der Waals surface area (Å²) in [6, 6.07) is 7.48. The van der Waals surface area contributed by atoms with E-state index in [9.17, 15) is 4.79 Å². The van der Waals surface area contributed by atoms with Crippen LogP contribution in [0.2, 0.25) is 0 Å². The van der Waals surface area contributed by atoms with Crippen molar-refractivity contribution in [2.24, 2.45) is 5.73 Å². The number of aryl methyl sites for hydroxylation is 1. The van der Waals surface area contributed by atoms with E-state index < -0.39 is 0 Å². The molecule has 0 bridgehead atoms. The van der Waals surface area contributed by atoms with Crippen molar-refractivity contribution >= 4 is 5.91 Å². The van der Waals surface area contributed by atoms with Crippen LogP contribution < -0.4 is 11.1 Å². The van der Waals surface area contributed by atoms with Crippen molar-refractivity contribution in [3.63, 3.8) is 0 Å². The standard InChI is InChI=1S/C11H16N2O/c1-8-3-5-10(6-4-8)11(14)13-9(2)7-12/h3-6,9H,7,12H2,1-2H3,(H,13,14)/t9-/m1/s1. The Kier molecular flexibility index (Phi) is 3.65. The van der Waals surface area contributed by atoms with Crippen LogP contribution in [0.25, 0.3) is 0 Å². The Hall–Kier alpha value is -1.35. The van der Waals surface area contributed by atoms with E-state index in [-0.39, 0.29) is 11.9 Å². The fourth-order valence-electron chi connectivity index (χ4n) is 1.07. The van der Waals surface area contributed by atoms with E-state index in [2.05, 4.69) is 5.32 Å². The Labute approximate surface area is 84.3 Å². The van der Waals surface area contributed by atoms with Gasteiger partial charge in [0.25, 0.3) is 5.91 Å². The van der Waals surface area contributed by atoms with Crippen LogP contribution in [0.3, 0.4) is 0 Å². The first-order chi connectivity index (χ1) is 6.63. The normalized spacial score (nSPS) is 12.2. The summed E-state index contributed by atoms with van der Waals surface area (Å²) in [5, 5.41) is 2.80. The van der Waals surface area contributed by atoms with Crippen LogP contribution in [0.5, 0.6) is 0 Å². The minimum Gasteiger partial charge on any atom is -0.348 e. The Bertz CT molecular complexity index is 306. The second kappa shape index (κ2) is 4.77. The number of benzene rings is 1. The molecule has 76 valence electrons. The second-order valence-corrected chi connectivity index (χ2v) is 3.48. The van der Waals surface area contributed by atoms with E-state index in [0.717, 1.165) is 5.56 Å². The monoisotopic (exact) mass is 192 g/mol. The molecule has 0 aliphatic heterocycles. The maximum Gasteiger partial charge on any atom is 0.251 e. The fourth-order valence-corrected chi connectivity index (χ4v) is 1.07. The molecule has 3 N–H and O–H groups in total. The lowest BCUT2D eigenvalue weighted by Gasteiger charge is -2.11. The summed E-state index contributed by atoms with van der Waals surface area (Å²) in [7, 11) is 0. The van der Waals surface area contributed by atoms with Crippen molar-refractivity contribution in [3.05, 3.63) is 35.4 Å². The maximum atomic E-state index is 11.6. The minimum atomic E-state index is -0.0667. The number of hydrogen-bond donors (Lipinski definition) is 2. The molecule has 1 aromatic rings. The summed E-state index contributed by atoms with van der Waals surface area (Å²) in [5.74, 6) is -0.0667. The predicted molar refractivity (Wildman–Crippen MR) is 57.2 cm³/mol. The van der Waals surface area contributed by atoms with Gasteiger partial charge in [0.15, 0.2) is 0 Å². The molecule has 3 heteroatoms. The van der Waals surface area contributed by atoms with Crippen molar-refractivity contribution in [2.45, 2.75) is 19.9 Å². The van der Waals surface area contributed by atoms with Gasteiger partial charge in [-0.05, 0) is 26.0 Å². The summed E-state index contributed by atoms with van der Waals surface area (Å²) in [6.45, 7) is 4.33. The van der Waals surface area contributed by atoms with E-state index in [4.69, 9.17) is 5.73 Å². The van der Waals surface area contributed by atoms with Gasteiger partial charge in [-0.15, -0.1) is 0 Å². The Balaban J connectivity index is 2.65. The van der Waals surface area contributed by atoms with Crippen molar-refractivity contribution in [1.29, 1.82) is 0 Å². The molecule has 0 aliphatic rings. The van der Waals surface area contributed by atoms with Crippen LogP contribution in [-0.2, 0) is 0 Å². The molecule has 0 radical (unpaired) electrons. The first-order valence-corrected chi connectivity index (χ1v) is 4.71. The summed E-state index contributed by atoms with van der Waals surface area (Å²) < 4.78 is 0. The molecule has 1 rings (SSSR count). The van der Waals surface area contributed by atoms with Gasteiger partial charge in [-0.3, -0.25) is 4.79 Å². The highest BCUT2D eigenvalue weighted by Crippen LogP contribution is 2.02. The zero-order chi connectivity index (χ0) is 10.6. The van der Waals surface area contributed by atoms with E-state index in [0.29, 0.717) is 12.1 Å². The van der Waals surface area contributed by atoms with Crippen molar-refractivity contribution in [1.82, 2.24) is 5.32 Å². The highest BCUT2D eigenvalue weighted by molar-refractivity contribution is 5.94. The quantitative estimate of drug-likeness (QED) is 0.752. The predicted octanol–water partition coefficient (Wildman–Crippen LogP) is 1.07. The smallest absolute Gasteiger partial charge is 0.251 e. The molecule has 0 heterocycles. The number of hydrogen-bond acceptors (Lipinski definition) is 2. The summed E-state index contributed by atoms with van der Waals surface area (Å²) in [4.78, 5) is 11.6. The average Bonchev–Trinajstić information content (AvgIpc) is 2.18. The maximum absolute atomic E-state index is 11.6.